The third-order valence-corrected chi connectivity index (χ3v) is 5.36. The summed E-state index contributed by atoms with van der Waals surface area (Å²) < 4.78 is 27.8. The van der Waals surface area contributed by atoms with Gasteiger partial charge in [-0.15, -0.1) is 6.58 Å². The zero-order valence-electron chi connectivity index (χ0n) is 15.3. The second-order valence-corrected chi connectivity index (χ2v) is 7.88. The third kappa shape index (κ3) is 4.65. The average Bonchev–Trinajstić information content (AvgIpc) is 2.67. The summed E-state index contributed by atoms with van der Waals surface area (Å²) in [6.45, 7) is 5.48. The molecule has 0 aliphatic rings. The molecule has 0 saturated heterocycles. The second kappa shape index (κ2) is 8.75. The van der Waals surface area contributed by atoms with Gasteiger partial charge in [0.2, 0.25) is 5.91 Å². The molecule has 29 heavy (non-hydrogen) atoms. The first-order valence-corrected chi connectivity index (χ1v) is 9.79. The molecule has 0 aliphatic carbocycles. The third-order valence-electron chi connectivity index (χ3n) is 4.03. The van der Waals surface area contributed by atoms with E-state index in [4.69, 9.17) is 11.6 Å². The number of hydrogen-bond donors (Lipinski definition) is 1. The van der Waals surface area contributed by atoms with Gasteiger partial charge in [-0.2, -0.15) is 0 Å². The fraction of sp³-hybridized carbons (Fsp3) is 0.150. The van der Waals surface area contributed by atoms with Crippen molar-refractivity contribution in [1.29, 1.82) is 0 Å². The van der Waals surface area contributed by atoms with Gasteiger partial charge >= 0.3 is 0 Å². The van der Waals surface area contributed by atoms with Crippen molar-refractivity contribution in [2.75, 3.05) is 5.32 Å². The van der Waals surface area contributed by atoms with Crippen molar-refractivity contribution < 1.29 is 13.6 Å². The molecule has 0 fully saturated rings. The largest absolute Gasteiger partial charge is 0.325 e. The first kappa shape index (κ1) is 21.0. The fourth-order valence-corrected chi connectivity index (χ4v) is 3.67. The van der Waals surface area contributed by atoms with E-state index in [0.29, 0.717) is 21.1 Å². The monoisotopic (exact) mass is 435 g/mol. The van der Waals surface area contributed by atoms with E-state index in [1.807, 2.05) is 0 Å². The Kier molecular flexibility index (Phi) is 6.34. The van der Waals surface area contributed by atoms with E-state index >= 15 is 0 Å². The highest BCUT2D eigenvalue weighted by Gasteiger charge is 2.20. The van der Waals surface area contributed by atoms with Crippen molar-refractivity contribution in [3.05, 3.63) is 76.1 Å². The number of nitrogens with one attached hydrogen (secondary N) is 1. The minimum absolute atomic E-state index is 0.128. The minimum Gasteiger partial charge on any atom is -0.325 e. The van der Waals surface area contributed by atoms with Gasteiger partial charge in [0.1, 0.15) is 0 Å². The zero-order valence-corrected chi connectivity index (χ0v) is 16.9. The zero-order chi connectivity index (χ0) is 21.1. The highest BCUT2D eigenvalue weighted by molar-refractivity contribution is 8.00. The van der Waals surface area contributed by atoms with E-state index < -0.39 is 22.8 Å². The number of anilines is 1. The van der Waals surface area contributed by atoms with Gasteiger partial charge < -0.3 is 5.32 Å². The van der Waals surface area contributed by atoms with Crippen LogP contribution in [0.1, 0.15) is 6.92 Å². The Hall–Kier alpha value is -2.71. The number of carbonyl (C=O) groups excluding carboxylic acids is 1. The number of amides is 1. The molecule has 3 aromatic rings. The van der Waals surface area contributed by atoms with Gasteiger partial charge in [-0.25, -0.2) is 13.8 Å². The Morgan fingerprint density at radius 1 is 1.31 bits per heavy atom. The van der Waals surface area contributed by atoms with Gasteiger partial charge in [-0.1, -0.05) is 29.4 Å². The maximum absolute atomic E-state index is 13.3. The highest BCUT2D eigenvalue weighted by Crippen LogP contribution is 2.25. The molecule has 3 rings (SSSR count). The lowest BCUT2D eigenvalue weighted by molar-refractivity contribution is -0.115. The fourth-order valence-electron chi connectivity index (χ4n) is 2.58. The van der Waals surface area contributed by atoms with Gasteiger partial charge in [0.15, 0.2) is 16.8 Å². The second-order valence-electron chi connectivity index (χ2n) is 6.14. The van der Waals surface area contributed by atoms with E-state index in [1.54, 1.807) is 31.2 Å². The van der Waals surface area contributed by atoms with Crippen LogP contribution in [0.2, 0.25) is 5.02 Å². The lowest BCUT2D eigenvalue weighted by atomic mass is 10.2. The molecular weight excluding hydrogens is 420 g/mol. The number of allylic oxidation sites excluding steroid dienone is 1. The molecule has 5 nitrogen and oxygen atoms in total. The molecule has 1 unspecified atom stereocenters. The highest BCUT2D eigenvalue weighted by atomic mass is 35.5. The molecule has 2 aromatic carbocycles. The maximum atomic E-state index is 13.3. The summed E-state index contributed by atoms with van der Waals surface area (Å²) >= 11 is 7.06. The number of aromatic nitrogens is 2. The van der Waals surface area contributed by atoms with Gasteiger partial charge in [0, 0.05) is 23.3 Å². The van der Waals surface area contributed by atoms with Crippen LogP contribution in [0.3, 0.4) is 0 Å². The molecule has 0 spiro atoms. The number of fused-ring (bicyclic) bond motifs is 1. The summed E-state index contributed by atoms with van der Waals surface area (Å²) in [5, 5.41) is 3.00. The Labute approximate surface area is 174 Å². The van der Waals surface area contributed by atoms with Crippen LogP contribution in [0.4, 0.5) is 14.5 Å². The summed E-state index contributed by atoms with van der Waals surface area (Å²) in [6, 6.07) is 7.87. The van der Waals surface area contributed by atoms with Gasteiger partial charge in [-0.3, -0.25) is 14.2 Å². The molecule has 1 aromatic heterocycles. The molecule has 0 bridgehead atoms. The quantitative estimate of drug-likeness (QED) is 0.348. The molecule has 0 radical (unpaired) electrons. The van der Waals surface area contributed by atoms with Gasteiger partial charge in [0.05, 0.1) is 16.2 Å². The number of rotatable bonds is 6. The van der Waals surface area contributed by atoms with Crippen LogP contribution < -0.4 is 10.9 Å². The molecule has 1 amide bonds. The van der Waals surface area contributed by atoms with Crippen LogP contribution in [0.25, 0.3) is 10.9 Å². The average molecular weight is 436 g/mol. The van der Waals surface area contributed by atoms with E-state index in [1.165, 1.54) is 10.6 Å². The minimum atomic E-state index is -1.06. The summed E-state index contributed by atoms with van der Waals surface area (Å²) in [7, 11) is 0. The van der Waals surface area contributed by atoms with Crippen molar-refractivity contribution in [2.24, 2.45) is 0 Å². The predicted octanol–water partition coefficient (Wildman–Crippen LogP) is 4.63. The SMILES string of the molecule is C=CCn1c(SC(C)C(=O)Nc2ccc(F)c(F)c2)nc2cc(Cl)ccc2c1=O. The van der Waals surface area contributed by atoms with Crippen LogP contribution >= 0.6 is 23.4 Å². The summed E-state index contributed by atoms with van der Waals surface area (Å²) in [5.74, 6) is -2.51. The van der Waals surface area contributed by atoms with E-state index in [9.17, 15) is 18.4 Å². The van der Waals surface area contributed by atoms with Crippen LogP contribution in [0.5, 0.6) is 0 Å². The van der Waals surface area contributed by atoms with Gasteiger partial charge in [-0.05, 0) is 37.3 Å². The molecule has 0 aliphatic heterocycles. The van der Waals surface area contributed by atoms with Crippen molar-refractivity contribution in [1.82, 2.24) is 9.55 Å². The Bertz CT molecular complexity index is 1170. The lowest BCUT2D eigenvalue weighted by Crippen LogP contribution is -2.26. The standard InChI is InChI=1S/C20H16ClF2N3O2S/c1-3-8-26-19(28)14-6-4-12(21)9-17(14)25-20(26)29-11(2)18(27)24-13-5-7-15(22)16(23)10-13/h3-7,9-11H,1,8H2,2H3,(H,24,27). The number of nitrogens with zero attached hydrogens (tertiary/aromatic N) is 2. The normalized spacial score (nSPS) is 12.0. The molecule has 1 atom stereocenters. The smallest absolute Gasteiger partial charge is 0.262 e. The molecule has 1 N–H and O–H groups in total. The Balaban J connectivity index is 1.90. The van der Waals surface area contributed by atoms with Crippen LogP contribution in [0, 0.1) is 11.6 Å². The number of halogens is 3. The molecule has 1 heterocycles. The van der Waals surface area contributed by atoms with E-state index in [-0.39, 0.29) is 17.8 Å². The Morgan fingerprint density at radius 3 is 2.76 bits per heavy atom. The molecular formula is C20H16ClF2N3O2S. The van der Waals surface area contributed by atoms with E-state index in [2.05, 4.69) is 16.9 Å². The predicted molar refractivity (Wildman–Crippen MR) is 112 cm³/mol. The molecule has 9 heteroatoms. The first-order chi connectivity index (χ1) is 13.8. The van der Waals surface area contributed by atoms with Gasteiger partial charge in [0.25, 0.3) is 5.56 Å². The maximum Gasteiger partial charge on any atom is 0.262 e. The van der Waals surface area contributed by atoms with Crippen LogP contribution in [0.15, 0.2) is 59.0 Å². The summed E-state index contributed by atoms with van der Waals surface area (Å²) in [6.07, 6.45) is 1.56. The van der Waals surface area contributed by atoms with Crippen molar-refractivity contribution >= 4 is 45.9 Å². The summed E-state index contributed by atoms with van der Waals surface area (Å²) in [5.41, 5.74) is 0.267. The lowest BCUT2D eigenvalue weighted by Gasteiger charge is -2.15. The molecule has 150 valence electrons. The number of thioether (sulfide) groups is 1. The number of hydrogen-bond acceptors (Lipinski definition) is 4. The topological polar surface area (TPSA) is 64.0 Å². The van der Waals surface area contributed by atoms with Crippen molar-refractivity contribution in [3.8, 4) is 0 Å². The van der Waals surface area contributed by atoms with Crippen molar-refractivity contribution in [2.45, 2.75) is 23.9 Å². The summed E-state index contributed by atoms with van der Waals surface area (Å²) in [4.78, 5) is 29.8. The van der Waals surface area contributed by atoms with E-state index in [0.717, 1.165) is 23.9 Å². The number of benzene rings is 2. The molecule has 0 saturated carbocycles. The number of carbonyl (C=O) groups is 1. The van der Waals surface area contributed by atoms with Crippen LogP contribution in [-0.2, 0) is 11.3 Å². The first-order valence-electron chi connectivity index (χ1n) is 8.53. The van der Waals surface area contributed by atoms with Crippen LogP contribution in [-0.4, -0.2) is 20.7 Å². The van der Waals surface area contributed by atoms with Crippen molar-refractivity contribution in [3.63, 3.8) is 0 Å². The Morgan fingerprint density at radius 2 is 2.07 bits per heavy atom.